The minimum atomic E-state index is -3.54. The molecule has 170 valence electrons. The third-order valence-electron chi connectivity index (χ3n) is 4.57. The minimum absolute atomic E-state index is 0.141. The lowest BCUT2D eigenvalue weighted by atomic mass is 10.2. The first-order chi connectivity index (χ1) is 15.3. The lowest BCUT2D eigenvalue weighted by Gasteiger charge is -2.24. The first kappa shape index (κ1) is 23.7. The number of ether oxygens (including phenoxy) is 1. The molecule has 0 saturated heterocycles. The summed E-state index contributed by atoms with van der Waals surface area (Å²) in [7, 11) is -3.54. The van der Waals surface area contributed by atoms with Crippen LogP contribution in [0.5, 0.6) is 5.75 Å². The number of rotatable bonds is 10. The fourth-order valence-corrected chi connectivity index (χ4v) is 4.79. The van der Waals surface area contributed by atoms with Crippen LogP contribution in [0.3, 0.4) is 0 Å². The van der Waals surface area contributed by atoms with E-state index in [2.05, 4.69) is 15.5 Å². The van der Waals surface area contributed by atoms with Crippen LogP contribution in [0.4, 0.5) is 10.8 Å². The number of carbonyl (C=O) groups excluding carboxylic acids is 1. The molecule has 8 nitrogen and oxygen atoms in total. The molecule has 0 spiro atoms. The summed E-state index contributed by atoms with van der Waals surface area (Å²) in [6, 6.07) is 14.9. The van der Waals surface area contributed by atoms with Crippen molar-refractivity contribution >= 4 is 38.1 Å². The van der Waals surface area contributed by atoms with E-state index in [1.54, 1.807) is 24.3 Å². The highest BCUT2D eigenvalue weighted by molar-refractivity contribution is 7.92. The fourth-order valence-electron chi connectivity index (χ4n) is 3.06. The second-order valence-electron chi connectivity index (χ2n) is 7.17. The average molecular weight is 475 g/mol. The van der Waals surface area contributed by atoms with E-state index in [0.29, 0.717) is 29.6 Å². The summed E-state index contributed by atoms with van der Waals surface area (Å²) in [5, 5.41) is 12.0. The number of anilines is 2. The number of para-hydroxylation sites is 2. The zero-order chi connectivity index (χ0) is 23.1. The molecule has 3 aromatic rings. The number of aryl methyl sites for hydroxylation is 1. The number of nitrogens with one attached hydrogen (secondary N) is 1. The van der Waals surface area contributed by atoms with Crippen LogP contribution in [0, 0.1) is 6.92 Å². The van der Waals surface area contributed by atoms with Crippen molar-refractivity contribution in [3.05, 3.63) is 54.1 Å². The van der Waals surface area contributed by atoms with E-state index in [1.807, 2.05) is 38.1 Å². The maximum atomic E-state index is 12.4. The molecule has 0 radical (unpaired) electrons. The van der Waals surface area contributed by atoms with Crippen molar-refractivity contribution in [2.45, 2.75) is 26.7 Å². The highest BCUT2D eigenvalue weighted by Gasteiger charge is 2.21. The first-order valence-corrected chi connectivity index (χ1v) is 12.8. The number of aromatic nitrogens is 2. The van der Waals surface area contributed by atoms with Gasteiger partial charge in [-0.1, -0.05) is 53.3 Å². The normalized spacial score (nSPS) is 11.2. The van der Waals surface area contributed by atoms with Gasteiger partial charge in [0.05, 0.1) is 18.6 Å². The second-order valence-corrected chi connectivity index (χ2v) is 10.1. The molecule has 0 aliphatic rings. The van der Waals surface area contributed by atoms with Crippen LogP contribution in [0.15, 0.2) is 48.5 Å². The van der Waals surface area contributed by atoms with Gasteiger partial charge in [0.25, 0.3) is 0 Å². The van der Waals surface area contributed by atoms with Gasteiger partial charge in [0.15, 0.2) is 0 Å². The third-order valence-corrected chi connectivity index (χ3v) is 6.64. The van der Waals surface area contributed by atoms with E-state index < -0.39 is 10.0 Å². The van der Waals surface area contributed by atoms with Crippen molar-refractivity contribution in [2.24, 2.45) is 0 Å². The molecular formula is C22H26N4O4S2. The molecule has 0 unspecified atom stereocenters. The number of nitrogens with zero attached hydrogens (tertiary/aromatic N) is 3. The van der Waals surface area contributed by atoms with Gasteiger partial charge in [0, 0.05) is 18.5 Å². The Morgan fingerprint density at radius 1 is 1.12 bits per heavy atom. The molecule has 1 N–H and O–H groups in total. The molecule has 2 aromatic carbocycles. The van der Waals surface area contributed by atoms with Gasteiger partial charge in [-0.15, -0.1) is 10.2 Å². The Morgan fingerprint density at radius 3 is 2.53 bits per heavy atom. The summed E-state index contributed by atoms with van der Waals surface area (Å²) in [5.74, 6) is 0.241. The summed E-state index contributed by atoms with van der Waals surface area (Å²) in [5.41, 5.74) is 2.55. The highest BCUT2D eigenvalue weighted by Crippen LogP contribution is 2.30. The molecule has 1 aromatic heterocycles. The molecule has 10 heteroatoms. The minimum Gasteiger partial charge on any atom is -0.492 e. The van der Waals surface area contributed by atoms with Crippen LogP contribution in [-0.4, -0.2) is 43.9 Å². The number of amides is 1. The van der Waals surface area contributed by atoms with Crippen molar-refractivity contribution < 1.29 is 17.9 Å². The van der Waals surface area contributed by atoms with Crippen LogP contribution in [0.1, 0.15) is 25.3 Å². The Balaban J connectivity index is 1.60. The molecule has 0 saturated carbocycles. The zero-order valence-corrected chi connectivity index (χ0v) is 19.9. The fraction of sp³-hybridized carbons (Fsp3) is 0.318. The van der Waals surface area contributed by atoms with E-state index in [-0.39, 0.29) is 18.9 Å². The Kier molecular flexibility index (Phi) is 7.81. The molecule has 1 heterocycles. The maximum Gasteiger partial charge on any atom is 0.232 e. The van der Waals surface area contributed by atoms with Crippen molar-refractivity contribution in [3.63, 3.8) is 0 Å². The molecule has 0 aliphatic heterocycles. The van der Waals surface area contributed by atoms with Gasteiger partial charge >= 0.3 is 0 Å². The van der Waals surface area contributed by atoms with Crippen LogP contribution in [-0.2, 0) is 14.8 Å². The zero-order valence-electron chi connectivity index (χ0n) is 18.2. The Hall–Kier alpha value is -2.98. The monoisotopic (exact) mass is 474 g/mol. The quantitative estimate of drug-likeness (QED) is 0.475. The SMILES string of the molecule is CCOc1ccccc1N(CCCC(=O)Nc1nnc(-c2ccc(C)cc2)s1)S(C)(=O)=O. The molecule has 3 rings (SSSR count). The van der Waals surface area contributed by atoms with Crippen molar-refractivity contribution in [1.29, 1.82) is 0 Å². The van der Waals surface area contributed by atoms with E-state index in [4.69, 9.17) is 4.74 Å². The Bertz CT molecular complexity index is 1160. The smallest absolute Gasteiger partial charge is 0.232 e. The van der Waals surface area contributed by atoms with Gasteiger partial charge in [0.1, 0.15) is 10.8 Å². The van der Waals surface area contributed by atoms with Crippen LogP contribution < -0.4 is 14.4 Å². The molecular weight excluding hydrogens is 448 g/mol. The summed E-state index contributed by atoms with van der Waals surface area (Å²) < 4.78 is 31.6. The standard InChI is InChI=1S/C22H26N4O4S2/c1-4-30-19-9-6-5-8-18(19)26(32(3,28)29)15-7-10-20(27)23-22-25-24-21(31-22)17-13-11-16(2)12-14-17/h5-6,8-9,11-14H,4,7,10,15H2,1-3H3,(H,23,25,27). The van der Waals surface area contributed by atoms with Gasteiger partial charge < -0.3 is 10.1 Å². The molecule has 0 atom stereocenters. The van der Waals surface area contributed by atoms with E-state index in [1.165, 1.54) is 15.6 Å². The molecule has 32 heavy (non-hydrogen) atoms. The first-order valence-electron chi connectivity index (χ1n) is 10.2. The molecule has 0 bridgehead atoms. The lowest BCUT2D eigenvalue weighted by Crippen LogP contribution is -2.31. The van der Waals surface area contributed by atoms with Crippen LogP contribution in [0.25, 0.3) is 10.6 Å². The van der Waals surface area contributed by atoms with E-state index >= 15 is 0 Å². The predicted molar refractivity (Wildman–Crippen MR) is 128 cm³/mol. The Morgan fingerprint density at radius 2 is 1.84 bits per heavy atom. The highest BCUT2D eigenvalue weighted by atomic mass is 32.2. The van der Waals surface area contributed by atoms with Gasteiger partial charge in [-0.25, -0.2) is 8.42 Å². The summed E-state index contributed by atoms with van der Waals surface area (Å²) in [6.07, 6.45) is 1.62. The van der Waals surface area contributed by atoms with Crippen LogP contribution >= 0.6 is 11.3 Å². The van der Waals surface area contributed by atoms with Gasteiger partial charge in [-0.3, -0.25) is 9.10 Å². The number of hydrogen-bond acceptors (Lipinski definition) is 7. The number of benzene rings is 2. The van der Waals surface area contributed by atoms with E-state index in [0.717, 1.165) is 22.4 Å². The van der Waals surface area contributed by atoms with Gasteiger partial charge in [-0.2, -0.15) is 0 Å². The summed E-state index contributed by atoms with van der Waals surface area (Å²) in [6.45, 7) is 4.42. The number of hydrogen-bond donors (Lipinski definition) is 1. The van der Waals surface area contributed by atoms with Crippen molar-refractivity contribution in [2.75, 3.05) is 29.0 Å². The topological polar surface area (TPSA) is 101 Å². The molecule has 0 fully saturated rings. The van der Waals surface area contributed by atoms with E-state index in [9.17, 15) is 13.2 Å². The predicted octanol–water partition coefficient (Wildman–Crippen LogP) is 4.10. The van der Waals surface area contributed by atoms with Gasteiger partial charge in [0.2, 0.25) is 21.1 Å². The molecule has 1 amide bonds. The average Bonchev–Trinajstić information content (AvgIpc) is 3.20. The lowest BCUT2D eigenvalue weighted by molar-refractivity contribution is -0.116. The second kappa shape index (κ2) is 10.6. The van der Waals surface area contributed by atoms with Gasteiger partial charge in [-0.05, 0) is 32.4 Å². The largest absolute Gasteiger partial charge is 0.492 e. The summed E-state index contributed by atoms with van der Waals surface area (Å²) >= 11 is 1.29. The summed E-state index contributed by atoms with van der Waals surface area (Å²) in [4.78, 5) is 12.4. The number of carbonyl (C=O) groups is 1. The number of sulfonamides is 1. The Labute approximate surface area is 192 Å². The van der Waals surface area contributed by atoms with Crippen molar-refractivity contribution in [3.8, 4) is 16.3 Å². The van der Waals surface area contributed by atoms with Crippen molar-refractivity contribution in [1.82, 2.24) is 10.2 Å². The maximum absolute atomic E-state index is 12.4. The molecule has 0 aliphatic carbocycles. The third kappa shape index (κ3) is 6.27. The van der Waals surface area contributed by atoms with Crippen LogP contribution in [0.2, 0.25) is 0 Å².